The molecule has 0 spiro atoms. The molecule has 2 rings (SSSR count). The molecule has 34 heavy (non-hydrogen) atoms. The molecule has 0 aromatic heterocycles. The maximum atomic E-state index is 13.3. The average molecular weight is 487 g/mol. The summed E-state index contributed by atoms with van der Waals surface area (Å²) < 4.78 is 46.3. The summed E-state index contributed by atoms with van der Waals surface area (Å²) in [6.45, 7) is 0.699. The van der Waals surface area contributed by atoms with E-state index in [0.29, 0.717) is 6.42 Å². The number of halogens is 3. The molecule has 0 saturated heterocycles. The van der Waals surface area contributed by atoms with Gasteiger partial charge >= 0.3 is 18.1 Å². The Balaban J connectivity index is 2.26. The molecule has 10 nitrogen and oxygen atoms in total. The summed E-state index contributed by atoms with van der Waals surface area (Å²) in [5.41, 5.74) is 6.82. The van der Waals surface area contributed by atoms with Gasteiger partial charge in [0.2, 0.25) is 11.7 Å². The van der Waals surface area contributed by atoms with Crippen molar-refractivity contribution in [2.75, 3.05) is 19.7 Å². The number of ether oxygens (including phenoxy) is 2. The highest BCUT2D eigenvalue weighted by molar-refractivity contribution is 5.97. The van der Waals surface area contributed by atoms with Crippen molar-refractivity contribution in [3.05, 3.63) is 47.7 Å². The van der Waals surface area contributed by atoms with Crippen LogP contribution in [-0.2, 0) is 35.1 Å². The zero-order valence-corrected chi connectivity index (χ0v) is 18.1. The molecule has 0 aliphatic carbocycles. The Morgan fingerprint density at radius 1 is 1.18 bits per heavy atom. The van der Waals surface area contributed by atoms with E-state index in [4.69, 9.17) is 10.5 Å². The molecule has 186 valence electrons. The third kappa shape index (κ3) is 7.28. The smallest absolute Gasteiger partial charge is 0.471 e. The van der Waals surface area contributed by atoms with Crippen molar-refractivity contribution in [2.24, 2.45) is 5.73 Å². The van der Waals surface area contributed by atoms with Gasteiger partial charge in [0, 0.05) is 20.0 Å². The molecular weight excluding hydrogens is 463 g/mol. The van der Waals surface area contributed by atoms with E-state index < -0.39 is 60.5 Å². The van der Waals surface area contributed by atoms with Crippen LogP contribution < -0.4 is 11.1 Å². The summed E-state index contributed by atoms with van der Waals surface area (Å²) in [6, 6.07) is 6.61. The SMILES string of the molecule is CC(=O)N[C@@H]1[C@@H](N)C=C(C(=O)OC(=O)C(F)(F)F)O[C@H]1C(=O)N(CCO)CCc1ccccc1. The molecular formula is C21H24F3N3O7. The number of carbonyl (C=O) groups is 4. The standard InChI is InChI=1S/C21H24F3N3O7/c1-12(29)26-16-14(25)11-15(19(31)34-20(32)21(22,23)24)33-17(16)18(30)27(9-10-28)8-7-13-5-3-2-4-6-13/h2-6,11,14,16-17,28H,7-10,25H2,1H3,(H,26,29)/t14-,16+,17+/m0/s1. The van der Waals surface area contributed by atoms with Crippen LogP contribution in [0.4, 0.5) is 13.2 Å². The van der Waals surface area contributed by atoms with Crippen molar-refractivity contribution in [3.63, 3.8) is 0 Å². The van der Waals surface area contributed by atoms with E-state index in [0.717, 1.165) is 18.6 Å². The van der Waals surface area contributed by atoms with Gasteiger partial charge in [0.15, 0.2) is 6.10 Å². The van der Waals surface area contributed by atoms with Gasteiger partial charge in [-0.05, 0) is 18.1 Å². The van der Waals surface area contributed by atoms with Crippen LogP contribution in [0.15, 0.2) is 42.2 Å². The molecule has 1 heterocycles. The third-order valence-electron chi connectivity index (χ3n) is 4.76. The number of nitrogens with one attached hydrogen (secondary N) is 1. The molecule has 1 aliphatic heterocycles. The molecule has 1 aromatic carbocycles. The molecule has 2 amide bonds. The molecule has 0 bridgehead atoms. The molecule has 0 unspecified atom stereocenters. The van der Waals surface area contributed by atoms with Crippen molar-refractivity contribution >= 4 is 23.8 Å². The number of nitrogens with two attached hydrogens (primary N) is 1. The summed E-state index contributed by atoms with van der Waals surface area (Å²) in [6.07, 6.45) is -5.84. The second kappa shape index (κ2) is 11.6. The van der Waals surface area contributed by atoms with Crippen molar-refractivity contribution < 1.29 is 46.9 Å². The molecule has 1 aromatic rings. The minimum Gasteiger partial charge on any atom is -0.471 e. The maximum Gasteiger partial charge on any atom is 0.491 e. The van der Waals surface area contributed by atoms with Gasteiger partial charge in [0.05, 0.1) is 18.7 Å². The van der Waals surface area contributed by atoms with E-state index in [9.17, 15) is 37.5 Å². The maximum absolute atomic E-state index is 13.3. The van der Waals surface area contributed by atoms with Gasteiger partial charge in [-0.25, -0.2) is 9.59 Å². The van der Waals surface area contributed by atoms with Gasteiger partial charge in [0.25, 0.3) is 5.91 Å². The van der Waals surface area contributed by atoms with Gasteiger partial charge in [-0.15, -0.1) is 0 Å². The van der Waals surface area contributed by atoms with Crippen LogP contribution in [0.1, 0.15) is 12.5 Å². The normalized spacial score (nSPS) is 19.9. The summed E-state index contributed by atoms with van der Waals surface area (Å²) >= 11 is 0. The van der Waals surface area contributed by atoms with Gasteiger partial charge in [-0.1, -0.05) is 30.3 Å². The number of alkyl halides is 3. The number of esters is 2. The highest BCUT2D eigenvalue weighted by Crippen LogP contribution is 2.23. The van der Waals surface area contributed by atoms with Gasteiger partial charge in [-0.3, -0.25) is 9.59 Å². The van der Waals surface area contributed by atoms with E-state index in [1.54, 1.807) is 12.1 Å². The molecule has 0 radical (unpaired) electrons. The fourth-order valence-electron chi connectivity index (χ4n) is 3.19. The Morgan fingerprint density at radius 2 is 1.82 bits per heavy atom. The number of aliphatic hydroxyl groups excluding tert-OH is 1. The Bertz CT molecular complexity index is 937. The second-order valence-electron chi connectivity index (χ2n) is 7.33. The summed E-state index contributed by atoms with van der Waals surface area (Å²) in [7, 11) is 0. The number of carbonyl (C=O) groups excluding carboxylic acids is 4. The summed E-state index contributed by atoms with van der Waals surface area (Å²) in [5, 5.41) is 11.8. The number of rotatable bonds is 8. The Labute approximate surface area is 192 Å². The van der Waals surface area contributed by atoms with Crippen LogP contribution in [0.3, 0.4) is 0 Å². The fraction of sp³-hybridized carbons (Fsp3) is 0.429. The van der Waals surface area contributed by atoms with E-state index in [1.165, 1.54) is 4.90 Å². The topological polar surface area (TPSA) is 148 Å². The largest absolute Gasteiger partial charge is 0.491 e. The van der Waals surface area contributed by atoms with Crippen molar-refractivity contribution in [1.29, 1.82) is 0 Å². The molecule has 1 aliphatic rings. The van der Waals surface area contributed by atoms with Gasteiger partial charge < -0.3 is 30.5 Å². The zero-order chi connectivity index (χ0) is 25.5. The van der Waals surface area contributed by atoms with Crippen LogP contribution in [0.25, 0.3) is 0 Å². The first-order valence-electron chi connectivity index (χ1n) is 10.1. The Morgan fingerprint density at radius 3 is 2.38 bits per heavy atom. The Hall–Kier alpha value is -3.45. The lowest BCUT2D eigenvalue weighted by atomic mass is 9.97. The molecule has 0 fully saturated rings. The quantitative estimate of drug-likeness (QED) is 0.337. The van der Waals surface area contributed by atoms with Gasteiger partial charge in [0.1, 0.15) is 0 Å². The van der Waals surface area contributed by atoms with Crippen LogP contribution >= 0.6 is 0 Å². The molecule has 13 heteroatoms. The van der Waals surface area contributed by atoms with Gasteiger partial charge in [-0.2, -0.15) is 13.2 Å². The van der Waals surface area contributed by atoms with Crippen molar-refractivity contribution in [2.45, 2.75) is 37.7 Å². The highest BCUT2D eigenvalue weighted by Gasteiger charge is 2.46. The molecule has 4 N–H and O–H groups in total. The lowest BCUT2D eigenvalue weighted by molar-refractivity contribution is -0.202. The zero-order valence-electron chi connectivity index (χ0n) is 18.1. The molecule has 3 atom stereocenters. The van der Waals surface area contributed by atoms with Crippen molar-refractivity contribution in [3.8, 4) is 0 Å². The first-order valence-corrected chi connectivity index (χ1v) is 10.1. The van der Waals surface area contributed by atoms with E-state index in [2.05, 4.69) is 10.1 Å². The highest BCUT2D eigenvalue weighted by atomic mass is 19.4. The summed E-state index contributed by atoms with van der Waals surface area (Å²) in [5.74, 6) is -6.84. The predicted octanol–water partition coefficient (Wildman–Crippen LogP) is -0.203. The first-order chi connectivity index (χ1) is 15.9. The first kappa shape index (κ1) is 26.8. The number of hydrogen-bond acceptors (Lipinski definition) is 8. The van der Waals surface area contributed by atoms with Crippen LogP contribution in [-0.4, -0.2) is 77.8 Å². The lowest BCUT2D eigenvalue weighted by Gasteiger charge is -2.37. The third-order valence-corrected chi connectivity index (χ3v) is 4.76. The Kier molecular flexibility index (Phi) is 9.15. The summed E-state index contributed by atoms with van der Waals surface area (Å²) in [4.78, 5) is 49.1. The minimum atomic E-state index is -5.43. The fourth-order valence-corrected chi connectivity index (χ4v) is 3.19. The average Bonchev–Trinajstić information content (AvgIpc) is 2.77. The van der Waals surface area contributed by atoms with Crippen LogP contribution in [0.2, 0.25) is 0 Å². The number of hydrogen-bond donors (Lipinski definition) is 3. The minimum absolute atomic E-state index is 0.112. The molecule has 0 saturated carbocycles. The number of nitrogens with zero attached hydrogens (tertiary/aromatic N) is 1. The van der Waals surface area contributed by atoms with E-state index in [1.807, 2.05) is 18.2 Å². The van der Waals surface area contributed by atoms with Crippen LogP contribution in [0, 0.1) is 0 Å². The predicted molar refractivity (Wildman–Crippen MR) is 110 cm³/mol. The van der Waals surface area contributed by atoms with E-state index >= 15 is 0 Å². The second-order valence-corrected chi connectivity index (χ2v) is 7.33. The van der Waals surface area contributed by atoms with E-state index in [-0.39, 0.29) is 13.1 Å². The number of amides is 2. The number of benzene rings is 1. The van der Waals surface area contributed by atoms with Crippen LogP contribution in [0.5, 0.6) is 0 Å². The van der Waals surface area contributed by atoms with Crippen molar-refractivity contribution in [1.82, 2.24) is 10.2 Å². The monoisotopic (exact) mass is 487 g/mol. The lowest BCUT2D eigenvalue weighted by Crippen LogP contribution is -2.61. The number of aliphatic hydroxyl groups is 1.